The number of hydrogen-bond acceptors (Lipinski definition) is 4. The van der Waals surface area contributed by atoms with E-state index in [0.717, 1.165) is 5.56 Å². The lowest BCUT2D eigenvalue weighted by Gasteiger charge is -2.22. The number of benzene rings is 1. The largest absolute Gasteiger partial charge is 0.490 e. The van der Waals surface area contributed by atoms with Crippen molar-refractivity contribution in [2.24, 2.45) is 0 Å². The van der Waals surface area contributed by atoms with Gasteiger partial charge < -0.3 is 14.2 Å². The molecule has 20 heavy (non-hydrogen) atoms. The van der Waals surface area contributed by atoms with Crippen LogP contribution in [0, 0.1) is 6.92 Å². The van der Waals surface area contributed by atoms with Crippen molar-refractivity contribution in [1.82, 2.24) is 0 Å². The smallest absolute Gasteiger partial charge is 0.344 e. The van der Waals surface area contributed by atoms with Gasteiger partial charge in [-0.05, 0) is 26.0 Å². The molecule has 7 heteroatoms. The maximum atomic E-state index is 11.9. The molecule has 1 saturated heterocycles. The second-order valence-corrected chi connectivity index (χ2v) is 11.7. The summed E-state index contributed by atoms with van der Waals surface area (Å²) in [5.74, 6) is 0.219. The van der Waals surface area contributed by atoms with E-state index in [1.165, 1.54) is 0 Å². The summed E-state index contributed by atoms with van der Waals surface area (Å²) in [4.78, 5) is 11.9. The van der Waals surface area contributed by atoms with Crippen LogP contribution in [0.2, 0.25) is 0 Å². The summed E-state index contributed by atoms with van der Waals surface area (Å²) in [5.41, 5.74) is -0.00126. The number of ether oxygens (including phenoxy) is 3. The minimum absolute atomic E-state index is 0.0779. The molecule has 0 aromatic heterocycles. The molecule has 0 spiro atoms. The highest BCUT2D eigenvalue weighted by Crippen LogP contribution is 2.44. The Kier molecular flexibility index (Phi) is 4.83. The SMILES string of the molecule is Cc1ccc(OC[C@@]2(C)OC(C(Br)(Br)Br)OC2=O)cc1. The zero-order valence-corrected chi connectivity index (χ0v) is 15.6. The van der Waals surface area contributed by atoms with E-state index in [0.29, 0.717) is 5.75 Å². The predicted molar refractivity (Wildman–Crippen MR) is 85.6 cm³/mol. The fourth-order valence-electron chi connectivity index (χ4n) is 1.61. The Bertz CT molecular complexity index is 497. The Morgan fingerprint density at radius 2 is 1.90 bits per heavy atom. The first-order valence-electron chi connectivity index (χ1n) is 5.86. The van der Waals surface area contributed by atoms with Crippen molar-refractivity contribution in [3.63, 3.8) is 0 Å². The zero-order chi connectivity index (χ0) is 15.0. The first-order chi connectivity index (χ1) is 9.21. The molecule has 0 saturated carbocycles. The van der Waals surface area contributed by atoms with Crippen LogP contribution in [0.5, 0.6) is 5.75 Å². The highest BCUT2D eigenvalue weighted by molar-refractivity contribution is 9.39. The second kappa shape index (κ2) is 5.94. The molecular formula is C13H13Br3O4. The van der Waals surface area contributed by atoms with Crippen molar-refractivity contribution in [2.75, 3.05) is 6.61 Å². The lowest BCUT2D eigenvalue weighted by molar-refractivity contribution is -0.145. The molecule has 0 amide bonds. The first kappa shape index (κ1) is 16.3. The zero-order valence-electron chi connectivity index (χ0n) is 10.9. The maximum Gasteiger partial charge on any atom is 0.344 e. The van der Waals surface area contributed by atoms with Crippen LogP contribution < -0.4 is 4.74 Å². The average molecular weight is 473 g/mol. The number of halogens is 3. The fraction of sp³-hybridized carbons (Fsp3) is 0.462. The standard InChI is InChI=1S/C13H13Br3O4/c1-8-3-5-9(6-4-8)18-7-12(2)10(17)19-11(20-12)13(14,15)16/h3-6,11H,7H2,1-2H3/t11?,12-/m1/s1. The van der Waals surface area contributed by atoms with Gasteiger partial charge in [-0.25, -0.2) is 4.79 Å². The van der Waals surface area contributed by atoms with Crippen LogP contribution in [-0.2, 0) is 14.3 Å². The van der Waals surface area contributed by atoms with Gasteiger partial charge in [-0.1, -0.05) is 65.5 Å². The molecule has 0 radical (unpaired) electrons. The molecule has 0 bridgehead atoms. The van der Waals surface area contributed by atoms with Crippen LogP contribution in [0.3, 0.4) is 0 Å². The third-order valence-corrected chi connectivity index (χ3v) is 3.94. The number of esters is 1. The maximum absolute atomic E-state index is 11.9. The van der Waals surface area contributed by atoms with Gasteiger partial charge >= 0.3 is 5.97 Å². The van der Waals surface area contributed by atoms with Crippen LogP contribution >= 0.6 is 47.8 Å². The third-order valence-electron chi connectivity index (χ3n) is 2.82. The average Bonchev–Trinajstić information content (AvgIpc) is 2.66. The van der Waals surface area contributed by atoms with Crippen LogP contribution in [-0.4, -0.2) is 26.6 Å². The summed E-state index contributed by atoms with van der Waals surface area (Å²) in [6.07, 6.45) is -0.790. The van der Waals surface area contributed by atoms with Crippen LogP contribution in [0.1, 0.15) is 12.5 Å². The molecule has 4 nitrogen and oxygen atoms in total. The highest BCUT2D eigenvalue weighted by Gasteiger charge is 2.53. The normalized spacial score (nSPS) is 26.4. The Balaban J connectivity index is 2.01. The van der Waals surface area contributed by atoms with Gasteiger partial charge in [0.1, 0.15) is 12.4 Å². The molecule has 1 aromatic carbocycles. The van der Waals surface area contributed by atoms with E-state index < -0.39 is 20.0 Å². The Morgan fingerprint density at radius 3 is 2.40 bits per heavy atom. The second-order valence-electron chi connectivity index (χ2n) is 4.73. The van der Waals surface area contributed by atoms with E-state index in [2.05, 4.69) is 47.8 Å². The Hall–Kier alpha value is -0.110. The monoisotopic (exact) mass is 470 g/mol. The summed E-state index contributed by atoms with van der Waals surface area (Å²) in [6.45, 7) is 3.71. The van der Waals surface area contributed by atoms with Gasteiger partial charge in [0, 0.05) is 0 Å². The number of hydrogen-bond donors (Lipinski definition) is 0. The number of cyclic esters (lactones) is 1. The van der Waals surface area contributed by atoms with Crippen molar-refractivity contribution in [3.05, 3.63) is 29.8 Å². The molecule has 1 aromatic rings. The number of carbonyl (C=O) groups is 1. The molecular weight excluding hydrogens is 460 g/mol. The van der Waals surface area contributed by atoms with E-state index in [9.17, 15) is 4.79 Å². The topological polar surface area (TPSA) is 44.8 Å². The molecule has 1 unspecified atom stereocenters. The van der Waals surface area contributed by atoms with Gasteiger partial charge in [-0.2, -0.15) is 0 Å². The summed E-state index contributed by atoms with van der Waals surface area (Å²) >= 11 is 9.84. The number of aryl methyl sites for hydroxylation is 1. The molecule has 1 aliphatic rings. The number of rotatable bonds is 3. The molecule has 110 valence electrons. The fourth-order valence-corrected chi connectivity index (χ4v) is 2.17. The van der Waals surface area contributed by atoms with Gasteiger partial charge in [0.2, 0.25) is 6.29 Å². The van der Waals surface area contributed by atoms with Gasteiger partial charge in [-0.15, -0.1) is 0 Å². The molecule has 0 aliphatic carbocycles. The van der Waals surface area contributed by atoms with Crippen molar-refractivity contribution in [3.8, 4) is 5.75 Å². The first-order valence-corrected chi connectivity index (χ1v) is 8.24. The minimum Gasteiger partial charge on any atom is -0.490 e. The van der Waals surface area contributed by atoms with Crippen LogP contribution in [0.4, 0.5) is 0 Å². The van der Waals surface area contributed by atoms with Crippen LogP contribution in [0.15, 0.2) is 24.3 Å². The molecule has 1 aliphatic heterocycles. The Morgan fingerprint density at radius 1 is 1.30 bits per heavy atom. The van der Waals surface area contributed by atoms with E-state index in [1.54, 1.807) is 6.92 Å². The lowest BCUT2D eigenvalue weighted by Crippen LogP contribution is -2.40. The van der Waals surface area contributed by atoms with E-state index in [1.807, 2.05) is 31.2 Å². The molecule has 2 atom stereocenters. The van der Waals surface area contributed by atoms with E-state index in [4.69, 9.17) is 14.2 Å². The van der Waals surface area contributed by atoms with Crippen molar-refractivity contribution >= 4 is 53.8 Å². The molecule has 2 rings (SSSR count). The molecule has 0 N–H and O–H groups in total. The quantitative estimate of drug-likeness (QED) is 0.495. The molecule has 1 fully saturated rings. The highest BCUT2D eigenvalue weighted by atomic mass is 80.0. The lowest BCUT2D eigenvalue weighted by atomic mass is 10.1. The van der Waals surface area contributed by atoms with Crippen molar-refractivity contribution < 1.29 is 19.0 Å². The third kappa shape index (κ3) is 3.75. The van der Waals surface area contributed by atoms with E-state index in [-0.39, 0.29) is 6.61 Å². The van der Waals surface area contributed by atoms with Gasteiger partial charge in [0.05, 0.1) is 0 Å². The van der Waals surface area contributed by atoms with E-state index >= 15 is 0 Å². The summed E-state index contributed by atoms with van der Waals surface area (Å²) in [5, 5.41) is 0. The Labute approximate surface area is 142 Å². The van der Waals surface area contributed by atoms with Gasteiger partial charge in [0.25, 0.3) is 0 Å². The van der Waals surface area contributed by atoms with Gasteiger partial charge in [-0.3, -0.25) is 0 Å². The predicted octanol–water partition coefficient (Wildman–Crippen LogP) is 3.87. The molecule has 1 heterocycles. The number of carbonyl (C=O) groups excluding carboxylic acids is 1. The van der Waals surface area contributed by atoms with Crippen LogP contribution in [0.25, 0.3) is 0 Å². The summed E-state index contributed by atoms with van der Waals surface area (Å²) in [6, 6.07) is 7.57. The summed E-state index contributed by atoms with van der Waals surface area (Å²) < 4.78 is 15.6. The number of alkyl halides is 3. The summed E-state index contributed by atoms with van der Waals surface area (Å²) in [7, 11) is 0. The van der Waals surface area contributed by atoms with Crippen molar-refractivity contribution in [2.45, 2.75) is 27.9 Å². The minimum atomic E-state index is -1.14. The van der Waals surface area contributed by atoms with Gasteiger partial charge in [0.15, 0.2) is 7.74 Å². The van der Waals surface area contributed by atoms with Crippen molar-refractivity contribution in [1.29, 1.82) is 0 Å².